The van der Waals surface area contributed by atoms with E-state index in [0.29, 0.717) is 11.1 Å². The Kier molecular flexibility index (Phi) is 5.12. The largest absolute Gasteiger partial charge is 0.481 e. The standard InChI is InChI=1S/C12H13ClO5/c13-6-8-3-1-2-7(4-5-9(14)15)10(8)11(16)12(17)18/h1-3,11,16H,4-6H2,(H,14,15)(H,17,18). The predicted molar refractivity (Wildman–Crippen MR) is 64.6 cm³/mol. The molecule has 0 radical (unpaired) electrons. The van der Waals surface area contributed by atoms with Gasteiger partial charge in [-0.25, -0.2) is 4.79 Å². The van der Waals surface area contributed by atoms with Crippen LogP contribution in [-0.4, -0.2) is 27.3 Å². The number of aliphatic hydroxyl groups is 1. The highest BCUT2D eigenvalue weighted by Crippen LogP contribution is 2.25. The fourth-order valence-electron chi connectivity index (χ4n) is 1.72. The van der Waals surface area contributed by atoms with Crippen molar-refractivity contribution in [3.8, 4) is 0 Å². The van der Waals surface area contributed by atoms with Crippen LogP contribution in [0.1, 0.15) is 29.2 Å². The SMILES string of the molecule is O=C(O)CCc1cccc(CCl)c1C(O)C(=O)O. The fourth-order valence-corrected chi connectivity index (χ4v) is 1.95. The Hall–Kier alpha value is -1.59. The van der Waals surface area contributed by atoms with Crippen molar-refractivity contribution in [1.82, 2.24) is 0 Å². The third-order valence-electron chi connectivity index (χ3n) is 2.55. The molecule has 6 heteroatoms. The van der Waals surface area contributed by atoms with Crippen molar-refractivity contribution in [2.24, 2.45) is 0 Å². The van der Waals surface area contributed by atoms with E-state index in [9.17, 15) is 14.7 Å². The molecule has 0 spiro atoms. The molecule has 0 aliphatic carbocycles. The zero-order valence-electron chi connectivity index (χ0n) is 9.47. The van der Waals surface area contributed by atoms with Crippen LogP contribution in [0.3, 0.4) is 0 Å². The first-order valence-corrected chi connectivity index (χ1v) is 5.80. The van der Waals surface area contributed by atoms with Crippen LogP contribution in [0.2, 0.25) is 0 Å². The number of hydrogen-bond acceptors (Lipinski definition) is 3. The van der Waals surface area contributed by atoms with Crippen molar-refractivity contribution in [3.63, 3.8) is 0 Å². The van der Waals surface area contributed by atoms with Crippen molar-refractivity contribution < 1.29 is 24.9 Å². The van der Waals surface area contributed by atoms with Gasteiger partial charge in [-0.05, 0) is 23.1 Å². The first-order chi connectivity index (χ1) is 8.47. The number of alkyl halides is 1. The van der Waals surface area contributed by atoms with Gasteiger partial charge >= 0.3 is 11.9 Å². The Morgan fingerprint density at radius 2 is 1.83 bits per heavy atom. The van der Waals surface area contributed by atoms with Crippen LogP contribution in [0, 0.1) is 0 Å². The summed E-state index contributed by atoms with van der Waals surface area (Å²) < 4.78 is 0. The lowest BCUT2D eigenvalue weighted by molar-refractivity contribution is -0.147. The lowest BCUT2D eigenvalue weighted by Gasteiger charge is -2.15. The summed E-state index contributed by atoms with van der Waals surface area (Å²) in [5.41, 5.74) is 1.18. The summed E-state index contributed by atoms with van der Waals surface area (Å²) in [7, 11) is 0. The van der Waals surface area contributed by atoms with E-state index in [1.165, 1.54) is 0 Å². The average molecular weight is 273 g/mol. The highest BCUT2D eigenvalue weighted by molar-refractivity contribution is 6.17. The number of halogens is 1. The van der Waals surface area contributed by atoms with Crippen molar-refractivity contribution >= 4 is 23.5 Å². The topological polar surface area (TPSA) is 94.8 Å². The quantitative estimate of drug-likeness (QED) is 0.683. The van der Waals surface area contributed by atoms with Gasteiger partial charge in [-0.1, -0.05) is 18.2 Å². The van der Waals surface area contributed by atoms with Gasteiger partial charge in [0.25, 0.3) is 0 Å². The third-order valence-corrected chi connectivity index (χ3v) is 2.83. The first-order valence-electron chi connectivity index (χ1n) is 5.26. The molecule has 0 bridgehead atoms. The number of aliphatic hydroxyl groups excluding tert-OH is 1. The number of aryl methyl sites for hydroxylation is 1. The van der Waals surface area contributed by atoms with E-state index in [2.05, 4.69) is 0 Å². The molecular formula is C12H13ClO5. The Bertz CT molecular complexity index is 458. The van der Waals surface area contributed by atoms with Crippen LogP contribution in [0.15, 0.2) is 18.2 Å². The summed E-state index contributed by atoms with van der Waals surface area (Å²) in [6.07, 6.45) is -1.67. The molecule has 0 aliphatic heterocycles. The number of aliphatic carboxylic acids is 2. The summed E-state index contributed by atoms with van der Waals surface area (Å²) in [4.78, 5) is 21.4. The predicted octanol–water partition coefficient (Wildman–Crippen LogP) is 1.56. The average Bonchev–Trinajstić information content (AvgIpc) is 2.34. The lowest BCUT2D eigenvalue weighted by Crippen LogP contribution is -2.15. The fraction of sp³-hybridized carbons (Fsp3) is 0.333. The molecule has 1 rings (SSSR count). The molecule has 5 nitrogen and oxygen atoms in total. The zero-order chi connectivity index (χ0) is 13.7. The number of benzene rings is 1. The summed E-state index contributed by atoms with van der Waals surface area (Å²) >= 11 is 5.70. The molecule has 1 aromatic carbocycles. The van der Waals surface area contributed by atoms with Crippen LogP contribution in [-0.2, 0) is 21.9 Å². The molecular weight excluding hydrogens is 260 g/mol. The molecule has 1 atom stereocenters. The van der Waals surface area contributed by atoms with Gasteiger partial charge in [0.2, 0.25) is 0 Å². The molecule has 0 saturated heterocycles. The van der Waals surface area contributed by atoms with Gasteiger partial charge in [0.05, 0.1) is 0 Å². The molecule has 1 unspecified atom stereocenters. The second-order valence-corrected chi connectivity index (χ2v) is 4.03. The van der Waals surface area contributed by atoms with Gasteiger partial charge in [0.1, 0.15) is 0 Å². The maximum absolute atomic E-state index is 10.8. The smallest absolute Gasteiger partial charge is 0.337 e. The number of carbonyl (C=O) groups is 2. The second kappa shape index (κ2) is 6.37. The van der Waals surface area contributed by atoms with Crippen LogP contribution >= 0.6 is 11.6 Å². The molecule has 0 aliphatic rings. The summed E-state index contributed by atoms with van der Waals surface area (Å²) in [6.45, 7) is 0. The van der Waals surface area contributed by atoms with E-state index in [-0.39, 0.29) is 24.3 Å². The van der Waals surface area contributed by atoms with Gasteiger partial charge in [0.15, 0.2) is 6.10 Å². The Morgan fingerprint density at radius 3 is 2.33 bits per heavy atom. The van der Waals surface area contributed by atoms with Crippen LogP contribution in [0.25, 0.3) is 0 Å². The molecule has 18 heavy (non-hydrogen) atoms. The monoisotopic (exact) mass is 272 g/mol. The van der Waals surface area contributed by atoms with Crippen LogP contribution in [0.5, 0.6) is 0 Å². The van der Waals surface area contributed by atoms with E-state index in [1.54, 1.807) is 18.2 Å². The highest BCUT2D eigenvalue weighted by Gasteiger charge is 2.22. The number of hydrogen-bond donors (Lipinski definition) is 3. The maximum atomic E-state index is 10.8. The van der Waals surface area contributed by atoms with Gasteiger partial charge in [-0.2, -0.15) is 0 Å². The lowest BCUT2D eigenvalue weighted by atomic mass is 9.94. The van der Waals surface area contributed by atoms with Gasteiger partial charge in [-0.15, -0.1) is 11.6 Å². The second-order valence-electron chi connectivity index (χ2n) is 3.76. The van der Waals surface area contributed by atoms with Crippen LogP contribution in [0.4, 0.5) is 0 Å². The molecule has 98 valence electrons. The number of carboxylic acids is 2. The number of rotatable bonds is 6. The zero-order valence-corrected chi connectivity index (χ0v) is 10.2. The minimum Gasteiger partial charge on any atom is -0.481 e. The van der Waals surface area contributed by atoms with Gasteiger partial charge in [0, 0.05) is 12.3 Å². The van der Waals surface area contributed by atoms with E-state index in [1.807, 2.05) is 0 Å². The Balaban J connectivity index is 3.15. The van der Waals surface area contributed by atoms with Crippen molar-refractivity contribution in [3.05, 3.63) is 34.9 Å². The minimum atomic E-state index is -1.69. The normalized spacial score (nSPS) is 12.1. The van der Waals surface area contributed by atoms with Crippen molar-refractivity contribution in [2.75, 3.05) is 0 Å². The highest BCUT2D eigenvalue weighted by atomic mass is 35.5. The molecule has 0 aromatic heterocycles. The minimum absolute atomic E-state index is 0.0561. The van der Waals surface area contributed by atoms with E-state index in [0.717, 1.165) is 0 Å². The Morgan fingerprint density at radius 1 is 1.22 bits per heavy atom. The molecule has 1 aromatic rings. The molecule has 0 amide bonds. The third kappa shape index (κ3) is 3.45. The van der Waals surface area contributed by atoms with E-state index in [4.69, 9.17) is 21.8 Å². The Labute approximate surface area is 109 Å². The van der Waals surface area contributed by atoms with Crippen molar-refractivity contribution in [2.45, 2.75) is 24.8 Å². The van der Waals surface area contributed by atoms with E-state index >= 15 is 0 Å². The first kappa shape index (κ1) is 14.5. The summed E-state index contributed by atoms with van der Waals surface area (Å²) in [6, 6.07) is 4.87. The van der Waals surface area contributed by atoms with Crippen LogP contribution < -0.4 is 0 Å². The number of carboxylic acid groups (broad SMARTS) is 2. The summed E-state index contributed by atoms with van der Waals surface area (Å²) in [5, 5.41) is 27.1. The van der Waals surface area contributed by atoms with Crippen molar-refractivity contribution in [1.29, 1.82) is 0 Å². The van der Waals surface area contributed by atoms with Gasteiger partial charge in [-0.3, -0.25) is 4.79 Å². The summed E-state index contributed by atoms with van der Waals surface area (Å²) in [5.74, 6) is -2.31. The maximum Gasteiger partial charge on any atom is 0.337 e. The molecule has 0 saturated carbocycles. The molecule has 3 N–H and O–H groups in total. The molecule has 0 heterocycles. The van der Waals surface area contributed by atoms with E-state index < -0.39 is 18.0 Å². The molecule has 0 fully saturated rings. The van der Waals surface area contributed by atoms with Gasteiger partial charge < -0.3 is 15.3 Å².